The zero-order valence-electron chi connectivity index (χ0n) is 11.6. The van der Waals surface area contributed by atoms with Crippen LogP contribution in [-0.2, 0) is 10.0 Å². The number of benzene rings is 1. The summed E-state index contributed by atoms with van der Waals surface area (Å²) in [5.74, 6) is 0.498. The van der Waals surface area contributed by atoms with Gasteiger partial charge >= 0.3 is 0 Å². The number of hydrogen-bond acceptors (Lipinski definition) is 4. The Kier molecular flexibility index (Phi) is 3.99. The molecule has 110 valence electrons. The molecule has 0 spiro atoms. The molecule has 1 heterocycles. The zero-order chi connectivity index (χ0) is 14.9. The highest BCUT2D eigenvalue weighted by Crippen LogP contribution is 2.34. The summed E-state index contributed by atoms with van der Waals surface area (Å²) < 4.78 is 46.1. The van der Waals surface area contributed by atoms with E-state index in [0.29, 0.717) is 17.9 Å². The number of nitrogens with zero attached hydrogens (tertiary/aromatic N) is 2. The van der Waals surface area contributed by atoms with Crippen LogP contribution in [0.5, 0.6) is 5.75 Å². The zero-order valence-corrected chi connectivity index (χ0v) is 12.4. The predicted molar refractivity (Wildman–Crippen MR) is 74.3 cm³/mol. The van der Waals surface area contributed by atoms with Crippen molar-refractivity contribution < 1.29 is 17.5 Å². The van der Waals surface area contributed by atoms with Gasteiger partial charge in [0.1, 0.15) is 10.6 Å². The first-order valence-corrected chi connectivity index (χ1v) is 7.81. The number of hydrogen-bond donors (Lipinski definition) is 0. The van der Waals surface area contributed by atoms with E-state index in [1.54, 1.807) is 18.0 Å². The molecule has 0 saturated carbocycles. The molecule has 1 unspecified atom stereocenters. The van der Waals surface area contributed by atoms with E-state index in [1.807, 2.05) is 6.92 Å². The minimum atomic E-state index is -3.73. The largest absolute Gasteiger partial charge is 0.460 e. The third-order valence-corrected chi connectivity index (χ3v) is 4.22. The first kappa shape index (κ1) is 14.8. The number of rotatable bonds is 4. The van der Waals surface area contributed by atoms with Crippen LogP contribution in [0.25, 0.3) is 0 Å². The molecular weight excluding hydrogens is 283 g/mol. The summed E-state index contributed by atoms with van der Waals surface area (Å²) >= 11 is 0. The summed E-state index contributed by atoms with van der Waals surface area (Å²) in [5, 5.41) is 0. The third kappa shape index (κ3) is 2.63. The summed E-state index contributed by atoms with van der Waals surface area (Å²) in [6.45, 7) is 3.87. The number of alkyl halides is 1. The molecule has 0 N–H and O–H groups in total. The van der Waals surface area contributed by atoms with Crippen LogP contribution in [0.3, 0.4) is 0 Å². The van der Waals surface area contributed by atoms with Crippen molar-refractivity contribution in [3.8, 4) is 5.75 Å². The molecule has 1 atom stereocenters. The van der Waals surface area contributed by atoms with Crippen molar-refractivity contribution in [1.82, 2.24) is 4.90 Å². The van der Waals surface area contributed by atoms with Gasteiger partial charge in [0, 0.05) is 20.5 Å². The maximum atomic E-state index is 13.1. The topological polar surface area (TPSA) is 59.0 Å². The minimum Gasteiger partial charge on any atom is -0.460 e. The van der Waals surface area contributed by atoms with Crippen molar-refractivity contribution in [1.29, 1.82) is 0 Å². The summed E-state index contributed by atoms with van der Waals surface area (Å²) in [7, 11) is -1.98. The summed E-state index contributed by atoms with van der Waals surface area (Å²) in [6.07, 6.45) is -0.685. The minimum absolute atomic E-state index is 0.0635. The van der Waals surface area contributed by atoms with E-state index in [-0.39, 0.29) is 10.6 Å². The molecule has 0 fully saturated rings. The maximum Gasteiger partial charge on any atom is 0.285 e. The van der Waals surface area contributed by atoms with Crippen LogP contribution in [0.4, 0.5) is 4.39 Å². The average molecular weight is 300 g/mol. The van der Waals surface area contributed by atoms with Gasteiger partial charge in [-0.1, -0.05) is 13.0 Å². The molecule has 0 bridgehead atoms. The van der Waals surface area contributed by atoms with Gasteiger partial charge < -0.3 is 9.64 Å². The normalized spacial score (nSPS) is 17.3. The first-order chi connectivity index (χ1) is 9.36. The number of ether oxygens (including phenoxy) is 1. The SMILES string of the molecule is CCCN(C)C1=NS(=O)(=O)c2cccc(OC(C)F)c21. The second-order valence-corrected chi connectivity index (χ2v) is 6.17. The highest BCUT2D eigenvalue weighted by atomic mass is 32.2. The Hall–Kier alpha value is -1.63. The third-order valence-electron chi connectivity index (χ3n) is 2.91. The average Bonchev–Trinajstić information content (AvgIpc) is 2.63. The van der Waals surface area contributed by atoms with Crippen LogP contribution < -0.4 is 4.74 Å². The Morgan fingerprint density at radius 1 is 1.45 bits per heavy atom. The summed E-state index contributed by atoms with van der Waals surface area (Å²) in [4.78, 5) is 1.80. The molecule has 0 radical (unpaired) electrons. The van der Waals surface area contributed by atoms with E-state index in [1.165, 1.54) is 19.1 Å². The number of fused-ring (bicyclic) bond motifs is 1. The maximum absolute atomic E-state index is 13.1. The van der Waals surface area contributed by atoms with Gasteiger partial charge in [-0.3, -0.25) is 0 Å². The van der Waals surface area contributed by atoms with Crippen molar-refractivity contribution in [3.63, 3.8) is 0 Å². The van der Waals surface area contributed by atoms with Crippen LogP contribution >= 0.6 is 0 Å². The summed E-state index contributed by atoms with van der Waals surface area (Å²) in [6, 6.07) is 4.52. The smallest absolute Gasteiger partial charge is 0.285 e. The van der Waals surface area contributed by atoms with Crippen molar-refractivity contribution in [2.24, 2.45) is 4.40 Å². The van der Waals surface area contributed by atoms with Crippen molar-refractivity contribution in [2.45, 2.75) is 31.5 Å². The lowest BCUT2D eigenvalue weighted by atomic mass is 10.1. The fourth-order valence-corrected chi connectivity index (χ4v) is 3.39. The van der Waals surface area contributed by atoms with E-state index in [4.69, 9.17) is 4.74 Å². The lowest BCUT2D eigenvalue weighted by Gasteiger charge is -2.20. The number of halogens is 1. The van der Waals surface area contributed by atoms with Gasteiger partial charge in [0.25, 0.3) is 10.0 Å². The molecule has 20 heavy (non-hydrogen) atoms. The predicted octanol–water partition coefficient (Wildman–Crippen LogP) is 2.17. The van der Waals surface area contributed by atoms with E-state index in [0.717, 1.165) is 6.42 Å². The van der Waals surface area contributed by atoms with Gasteiger partial charge in [0.05, 0.1) is 5.56 Å². The Labute approximate surface area is 118 Å². The molecule has 1 aliphatic rings. The van der Waals surface area contributed by atoms with Crippen molar-refractivity contribution in [3.05, 3.63) is 23.8 Å². The Morgan fingerprint density at radius 2 is 2.15 bits per heavy atom. The molecule has 0 amide bonds. The van der Waals surface area contributed by atoms with E-state index < -0.39 is 16.4 Å². The number of sulfonamides is 1. The molecule has 5 nitrogen and oxygen atoms in total. The van der Waals surface area contributed by atoms with Crippen LogP contribution in [-0.4, -0.2) is 39.1 Å². The highest BCUT2D eigenvalue weighted by molar-refractivity contribution is 7.90. The molecule has 1 aliphatic heterocycles. The van der Waals surface area contributed by atoms with E-state index in [2.05, 4.69) is 4.40 Å². The van der Waals surface area contributed by atoms with Crippen molar-refractivity contribution in [2.75, 3.05) is 13.6 Å². The van der Waals surface area contributed by atoms with Gasteiger partial charge in [-0.2, -0.15) is 8.42 Å². The van der Waals surface area contributed by atoms with Crippen LogP contribution in [0.15, 0.2) is 27.5 Å². The first-order valence-electron chi connectivity index (χ1n) is 6.37. The van der Waals surface area contributed by atoms with Gasteiger partial charge in [-0.05, 0) is 18.6 Å². The number of amidine groups is 1. The van der Waals surface area contributed by atoms with E-state index >= 15 is 0 Å². The molecule has 1 aromatic carbocycles. The molecule has 2 rings (SSSR count). The van der Waals surface area contributed by atoms with Gasteiger partial charge in [0.15, 0.2) is 5.84 Å². The lowest BCUT2D eigenvalue weighted by Crippen LogP contribution is -2.28. The second kappa shape index (κ2) is 5.40. The van der Waals surface area contributed by atoms with Gasteiger partial charge in [-0.25, -0.2) is 4.39 Å². The molecule has 7 heteroatoms. The fourth-order valence-electron chi connectivity index (χ4n) is 2.13. The van der Waals surface area contributed by atoms with Gasteiger partial charge in [0.2, 0.25) is 6.36 Å². The Bertz CT molecular complexity index is 641. The molecule has 0 aliphatic carbocycles. The van der Waals surface area contributed by atoms with Crippen LogP contribution in [0.1, 0.15) is 25.8 Å². The summed E-state index contributed by atoms with van der Waals surface area (Å²) in [5.41, 5.74) is 0.341. The molecule has 0 aromatic heterocycles. The van der Waals surface area contributed by atoms with Gasteiger partial charge in [-0.15, -0.1) is 4.40 Å². The Balaban J connectivity index is 2.57. The second-order valence-electron chi connectivity index (χ2n) is 4.60. The van der Waals surface area contributed by atoms with Crippen LogP contribution in [0, 0.1) is 0 Å². The quantitative estimate of drug-likeness (QED) is 0.855. The van der Waals surface area contributed by atoms with Crippen LogP contribution in [0.2, 0.25) is 0 Å². The molecular formula is C13H17FN2O3S. The fraction of sp³-hybridized carbons (Fsp3) is 0.462. The molecule has 1 aromatic rings. The van der Waals surface area contributed by atoms with E-state index in [9.17, 15) is 12.8 Å². The molecule has 0 saturated heterocycles. The highest BCUT2D eigenvalue weighted by Gasteiger charge is 2.34. The lowest BCUT2D eigenvalue weighted by molar-refractivity contribution is 0.0854. The monoisotopic (exact) mass is 300 g/mol. The standard InChI is InChI=1S/C13H17FN2O3S/c1-4-8-16(3)13-12-10(19-9(2)14)6-5-7-11(12)20(17,18)15-13/h5-7,9H,4,8H2,1-3H3. The Morgan fingerprint density at radius 3 is 2.75 bits per heavy atom. The van der Waals surface area contributed by atoms with Crippen molar-refractivity contribution >= 4 is 15.9 Å².